The molecule has 1 aromatic rings. The summed E-state index contributed by atoms with van der Waals surface area (Å²) in [5, 5.41) is 2.30. The number of hydrogen-bond donors (Lipinski definition) is 1. The van der Waals surface area contributed by atoms with Crippen LogP contribution in [0.2, 0.25) is 0 Å². The molecule has 0 aliphatic carbocycles. The van der Waals surface area contributed by atoms with Gasteiger partial charge in [-0.15, -0.1) is 0 Å². The van der Waals surface area contributed by atoms with Gasteiger partial charge in [0.15, 0.2) is 5.79 Å². The van der Waals surface area contributed by atoms with E-state index in [1.165, 1.54) is 6.07 Å². The van der Waals surface area contributed by atoms with Gasteiger partial charge in [0.1, 0.15) is 17.3 Å². The van der Waals surface area contributed by atoms with E-state index in [-0.39, 0.29) is 12.1 Å². The van der Waals surface area contributed by atoms with Crippen LogP contribution in [0.1, 0.15) is 19.3 Å². The molecule has 1 amide bonds. The molecule has 2 fully saturated rings. The molecule has 0 saturated carbocycles. The number of hydrogen-bond acceptors (Lipinski definition) is 4. The summed E-state index contributed by atoms with van der Waals surface area (Å²) in [6, 6.07) is 3.49. The summed E-state index contributed by atoms with van der Waals surface area (Å²) >= 11 is 0. The van der Waals surface area contributed by atoms with Gasteiger partial charge in [0.25, 0.3) is 0 Å². The van der Waals surface area contributed by atoms with Gasteiger partial charge in [-0.2, -0.15) is 0 Å². The first kappa shape index (κ1) is 16.3. The molecule has 0 unspecified atom stereocenters. The molecule has 2 aliphatic rings. The number of halogens is 2. The molecule has 2 saturated heterocycles. The largest absolute Gasteiger partial charge is 0.347 e. The predicted molar refractivity (Wildman–Crippen MR) is 79.9 cm³/mol. The third kappa shape index (κ3) is 3.85. The second-order valence-electron chi connectivity index (χ2n) is 5.84. The Balaban J connectivity index is 1.45. The molecule has 0 atom stereocenters. The zero-order valence-corrected chi connectivity index (χ0v) is 12.8. The smallest absolute Gasteiger partial charge is 0.225 e. The molecule has 2 heterocycles. The molecule has 1 aromatic carbocycles. The van der Waals surface area contributed by atoms with E-state index in [4.69, 9.17) is 9.47 Å². The second-order valence-corrected chi connectivity index (χ2v) is 5.84. The maximum atomic E-state index is 13.5. The fourth-order valence-electron chi connectivity index (χ4n) is 2.98. The number of carbonyl (C=O) groups is 1. The average molecular weight is 326 g/mol. The lowest BCUT2D eigenvalue weighted by atomic mass is 10.0. The van der Waals surface area contributed by atoms with E-state index in [2.05, 4.69) is 10.2 Å². The van der Waals surface area contributed by atoms with E-state index in [1.807, 2.05) is 0 Å². The van der Waals surface area contributed by atoms with Crippen molar-refractivity contribution in [1.29, 1.82) is 0 Å². The number of para-hydroxylation sites is 1. The van der Waals surface area contributed by atoms with Gasteiger partial charge in [0.05, 0.1) is 13.2 Å². The summed E-state index contributed by atoms with van der Waals surface area (Å²) in [5.41, 5.74) is -0.386. The minimum atomic E-state index is -0.770. The Bertz CT molecular complexity index is 546. The zero-order chi connectivity index (χ0) is 16.3. The van der Waals surface area contributed by atoms with Gasteiger partial charge in [0.2, 0.25) is 5.91 Å². The zero-order valence-electron chi connectivity index (χ0n) is 12.8. The number of piperidine rings is 1. The lowest BCUT2D eigenvalue weighted by molar-refractivity contribution is -0.185. The highest BCUT2D eigenvalue weighted by Gasteiger charge is 2.39. The SMILES string of the molecule is O=C(CCN1CCC2(CC1)OCCO2)Nc1c(F)cccc1F. The van der Waals surface area contributed by atoms with Crippen LogP contribution in [0.5, 0.6) is 0 Å². The van der Waals surface area contributed by atoms with Crippen molar-refractivity contribution in [3.63, 3.8) is 0 Å². The first-order chi connectivity index (χ1) is 11.1. The third-order valence-electron chi connectivity index (χ3n) is 4.31. The minimum absolute atomic E-state index is 0.183. The summed E-state index contributed by atoms with van der Waals surface area (Å²) in [4.78, 5) is 14.0. The van der Waals surface area contributed by atoms with Crippen LogP contribution in [0.3, 0.4) is 0 Å². The fourth-order valence-corrected chi connectivity index (χ4v) is 2.98. The molecule has 0 aromatic heterocycles. The number of benzene rings is 1. The van der Waals surface area contributed by atoms with Crippen LogP contribution in [0.4, 0.5) is 14.5 Å². The fraction of sp³-hybridized carbons (Fsp3) is 0.562. The Morgan fingerprint density at radius 1 is 1.17 bits per heavy atom. The van der Waals surface area contributed by atoms with Crippen LogP contribution in [0.25, 0.3) is 0 Å². The number of rotatable bonds is 4. The van der Waals surface area contributed by atoms with Gasteiger partial charge in [-0.3, -0.25) is 4.79 Å². The van der Waals surface area contributed by atoms with Crippen molar-refractivity contribution in [2.24, 2.45) is 0 Å². The predicted octanol–water partition coefficient (Wildman–Crippen LogP) is 2.13. The summed E-state index contributed by atoms with van der Waals surface area (Å²) < 4.78 is 38.3. The number of amides is 1. The normalized spacial score (nSPS) is 20.8. The molecular formula is C16H20F2N2O3. The van der Waals surface area contributed by atoms with Gasteiger partial charge in [-0.1, -0.05) is 6.07 Å². The molecule has 126 valence electrons. The van der Waals surface area contributed by atoms with Crippen molar-refractivity contribution in [2.45, 2.75) is 25.0 Å². The molecule has 1 N–H and O–H groups in total. The van der Waals surface area contributed by atoms with Crippen LogP contribution in [0.15, 0.2) is 18.2 Å². The molecule has 23 heavy (non-hydrogen) atoms. The van der Waals surface area contributed by atoms with Crippen molar-refractivity contribution in [2.75, 3.05) is 38.2 Å². The molecule has 2 aliphatic heterocycles. The summed E-state index contributed by atoms with van der Waals surface area (Å²) in [5.74, 6) is -2.38. The number of carbonyl (C=O) groups excluding carboxylic acids is 1. The topological polar surface area (TPSA) is 50.8 Å². The van der Waals surface area contributed by atoms with Crippen LogP contribution in [-0.2, 0) is 14.3 Å². The van der Waals surface area contributed by atoms with Gasteiger partial charge >= 0.3 is 0 Å². The van der Waals surface area contributed by atoms with E-state index in [9.17, 15) is 13.6 Å². The van der Waals surface area contributed by atoms with E-state index in [0.29, 0.717) is 19.8 Å². The number of nitrogens with one attached hydrogen (secondary N) is 1. The number of nitrogens with zero attached hydrogens (tertiary/aromatic N) is 1. The van der Waals surface area contributed by atoms with Gasteiger partial charge < -0.3 is 19.7 Å². The van der Waals surface area contributed by atoms with Crippen LogP contribution in [-0.4, -0.2) is 49.4 Å². The van der Waals surface area contributed by atoms with Crippen LogP contribution in [0, 0.1) is 11.6 Å². The summed E-state index contributed by atoms with van der Waals surface area (Å²) in [7, 11) is 0. The summed E-state index contributed by atoms with van der Waals surface area (Å²) in [6.45, 7) is 3.37. The van der Waals surface area contributed by atoms with E-state index < -0.39 is 23.3 Å². The van der Waals surface area contributed by atoms with E-state index >= 15 is 0 Å². The molecular weight excluding hydrogens is 306 g/mol. The quantitative estimate of drug-likeness (QED) is 0.921. The molecule has 5 nitrogen and oxygen atoms in total. The number of ether oxygens (including phenoxy) is 2. The maximum absolute atomic E-state index is 13.5. The lowest BCUT2D eigenvalue weighted by Gasteiger charge is -2.37. The lowest BCUT2D eigenvalue weighted by Crippen LogP contribution is -2.45. The minimum Gasteiger partial charge on any atom is -0.347 e. The number of anilines is 1. The third-order valence-corrected chi connectivity index (χ3v) is 4.31. The molecule has 7 heteroatoms. The Kier molecular flexibility index (Phi) is 4.89. The first-order valence-corrected chi connectivity index (χ1v) is 7.82. The van der Waals surface area contributed by atoms with E-state index in [0.717, 1.165) is 38.1 Å². The highest BCUT2D eigenvalue weighted by molar-refractivity contribution is 5.91. The van der Waals surface area contributed by atoms with Crippen LogP contribution >= 0.6 is 0 Å². The van der Waals surface area contributed by atoms with Crippen molar-refractivity contribution < 1.29 is 23.0 Å². The Hall–Kier alpha value is -1.57. The maximum Gasteiger partial charge on any atom is 0.225 e. The highest BCUT2D eigenvalue weighted by atomic mass is 19.1. The highest BCUT2D eigenvalue weighted by Crippen LogP contribution is 2.31. The van der Waals surface area contributed by atoms with Crippen molar-refractivity contribution in [3.05, 3.63) is 29.8 Å². The summed E-state index contributed by atoms with van der Waals surface area (Å²) in [6.07, 6.45) is 1.73. The Morgan fingerprint density at radius 3 is 2.39 bits per heavy atom. The standard InChI is InChI=1S/C16H20F2N2O3/c17-12-2-1-3-13(18)15(12)19-14(21)4-7-20-8-5-16(6-9-20)22-10-11-23-16/h1-3H,4-11H2,(H,19,21). The van der Waals surface area contributed by atoms with Crippen molar-refractivity contribution >= 4 is 11.6 Å². The van der Waals surface area contributed by atoms with Crippen LogP contribution < -0.4 is 5.32 Å². The molecule has 0 bridgehead atoms. The van der Waals surface area contributed by atoms with E-state index in [1.54, 1.807) is 0 Å². The van der Waals surface area contributed by atoms with Gasteiger partial charge in [-0.25, -0.2) is 8.78 Å². The monoisotopic (exact) mass is 326 g/mol. The van der Waals surface area contributed by atoms with Gasteiger partial charge in [-0.05, 0) is 12.1 Å². The molecule has 1 spiro atoms. The molecule has 0 radical (unpaired) electrons. The first-order valence-electron chi connectivity index (χ1n) is 7.82. The Labute approximate surface area is 133 Å². The van der Waals surface area contributed by atoms with Crippen molar-refractivity contribution in [1.82, 2.24) is 4.90 Å². The Morgan fingerprint density at radius 2 is 1.78 bits per heavy atom. The molecule has 3 rings (SSSR count). The van der Waals surface area contributed by atoms with Gasteiger partial charge in [0, 0.05) is 38.9 Å². The second kappa shape index (κ2) is 6.90. The van der Waals surface area contributed by atoms with Crippen molar-refractivity contribution in [3.8, 4) is 0 Å². The number of likely N-dealkylation sites (tertiary alicyclic amines) is 1. The average Bonchev–Trinajstić information content (AvgIpc) is 2.99.